The molecule has 0 radical (unpaired) electrons. The number of nitrogens with one attached hydrogen (secondary N) is 2. The van der Waals surface area contributed by atoms with E-state index in [-0.39, 0.29) is 41.1 Å². The van der Waals surface area contributed by atoms with Gasteiger partial charge in [0.2, 0.25) is 0 Å². The molecule has 0 fully saturated rings. The van der Waals surface area contributed by atoms with E-state index in [2.05, 4.69) is 25.7 Å². The maximum Gasteiger partial charge on any atom is 0.335 e. The van der Waals surface area contributed by atoms with Gasteiger partial charge in [-0.2, -0.15) is 14.6 Å². The fourth-order valence-corrected chi connectivity index (χ4v) is 4.46. The molecule has 0 saturated carbocycles. The minimum Gasteiger partial charge on any atom is -0.478 e. The molecule has 11 heteroatoms. The minimum absolute atomic E-state index is 0.00485. The predicted molar refractivity (Wildman–Crippen MR) is 125 cm³/mol. The lowest BCUT2D eigenvalue weighted by atomic mass is 9.98. The second-order valence-electron chi connectivity index (χ2n) is 8.48. The minimum atomic E-state index is -0.987. The van der Waals surface area contributed by atoms with Crippen LogP contribution in [0.5, 0.6) is 0 Å². The van der Waals surface area contributed by atoms with Gasteiger partial charge >= 0.3 is 5.97 Å². The topological polar surface area (TPSA) is 139 Å². The van der Waals surface area contributed by atoms with Crippen LogP contribution in [0.15, 0.2) is 48.8 Å². The second-order valence-corrected chi connectivity index (χ2v) is 8.48. The summed E-state index contributed by atoms with van der Waals surface area (Å²) in [6.45, 7) is 1.92. The zero-order valence-corrected chi connectivity index (χ0v) is 19.2. The fourth-order valence-electron chi connectivity index (χ4n) is 4.46. The van der Waals surface area contributed by atoms with Crippen molar-refractivity contribution in [3.05, 3.63) is 93.8 Å². The van der Waals surface area contributed by atoms with Gasteiger partial charge in [-0.1, -0.05) is 18.2 Å². The van der Waals surface area contributed by atoms with Crippen LogP contribution in [0.3, 0.4) is 0 Å². The largest absolute Gasteiger partial charge is 0.478 e. The molecule has 1 atom stereocenters. The summed E-state index contributed by atoms with van der Waals surface area (Å²) in [5.74, 6) is -2.27. The van der Waals surface area contributed by atoms with Crippen LogP contribution in [-0.4, -0.2) is 42.5 Å². The van der Waals surface area contributed by atoms with Crippen molar-refractivity contribution in [3.63, 3.8) is 0 Å². The predicted octanol–water partition coefficient (Wildman–Crippen LogP) is 2.62. The van der Waals surface area contributed by atoms with E-state index in [1.54, 1.807) is 31.2 Å². The molecule has 0 aliphatic heterocycles. The molecule has 2 aromatic heterocycles. The van der Waals surface area contributed by atoms with E-state index in [9.17, 15) is 23.9 Å². The molecule has 0 spiro atoms. The van der Waals surface area contributed by atoms with Gasteiger partial charge in [-0.15, -0.1) is 0 Å². The highest BCUT2D eigenvalue weighted by atomic mass is 19.1. The normalized spacial score (nSPS) is 14.4. The SMILES string of the molecule is Cc1c(C(=O)O)ccc2c1CC[C@@H]2NC(=O)c1cc(C(=O)NCc2ccc(F)cc2)n2ncnc2n1. The number of carbonyl (C=O) groups excluding carboxylic acids is 2. The maximum atomic E-state index is 13.1. The average Bonchev–Trinajstić information content (AvgIpc) is 3.50. The standard InChI is InChI=1S/C25H21FN6O4/c1-13-16-8-9-19(18(16)7-6-17(13)24(35)36)30-22(33)20-10-21(32-25(31-20)28-12-29-32)23(34)27-11-14-2-4-15(26)5-3-14/h2-7,10,12,19H,8-9,11H2,1H3,(H,27,34)(H,30,33)(H,35,36)/t19-/m0/s1. The highest BCUT2D eigenvalue weighted by Crippen LogP contribution is 2.34. The zero-order valence-electron chi connectivity index (χ0n) is 19.2. The summed E-state index contributed by atoms with van der Waals surface area (Å²) in [5.41, 5.74) is 3.49. The summed E-state index contributed by atoms with van der Waals surface area (Å²) in [6.07, 6.45) is 2.49. The first-order valence-electron chi connectivity index (χ1n) is 11.2. The Bertz CT molecular complexity index is 1520. The summed E-state index contributed by atoms with van der Waals surface area (Å²) in [4.78, 5) is 45.8. The molecule has 4 aromatic rings. The third kappa shape index (κ3) is 4.26. The first kappa shape index (κ1) is 23.1. The molecule has 5 rings (SSSR count). The second kappa shape index (κ2) is 9.17. The first-order chi connectivity index (χ1) is 17.3. The van der Waals surface area contributed by atoms with Gasteiger partial charge in [0.1, 0.15) is 23.5 Å². The number of benzene rings is 2. The quantitative estimate of drug-likeness (QED) is 0.379. The molecule has 1 aliphatic rings. The summed E-state index contributed by atoms with van der Waals surface area (Å²) in [5, 5.41) is 19.1. The number of carboxylic acid groups (broad SMARTS) is 1. The highest BCUT2D eigenvalue weighted by Gasteiger charge is 2.28. The molecule has 0 bridgehead atoms. The average molecular weight is 488 g/mol. The zero-order chi connectivity index (χ0) is 25.4. The van der Waals surface area contributed by atoms with E-state index in [4.69, 9.17) is 0 Å². The fraction of sp³-hybridized carbons (Fsp3) is 0.200. The molecular weight excluding hydrogens is 467 g/mol. The number of hydrogen-bond donors (Lipinski definition) is 3. The van der Waals surface area contributed by atoms with Gasteiger partial charge in [0.15, 0.2) is 0 Å². The molecule has 3 N–H and O–H groups in total. The van der Waals surface area contributed by atoms with Crippen molar-refractivity contribution in [1.29, 1.82) is 0 Å². The molecule has 1 aliphatic carbocycles. The van der Waals surface area contributed by atoms with Crippen LogP contribution < -0.4 is 10.6 Å². The molecular formula is C25H21FN6O4. The lowest BCUT2D eigenvalue weighted by Crippen LogP contribution is -2.30. The Balaban J connectivity index is 1.37. The van der Waals surface area contributed by atoms with Crippen LogP contribution in [0.2, 0.25) is 0 Å². The van der Waals surface area contributed by atoms with Gasteiger partial charge in [-0.05, 0) is 60.2 Å². The number of nitrogens with zero attached hydrogens (tertiary/aromatic N) is 4. The van der Waals surface area contributed by atoms with Crippen molar-refractivity contribution in [2.75, 3.05) is 0 Å². The van der Waals surface area contributed by atoms with E-state index in [1.165, 1.54) is 29.0 Å². The number of aromatic carboxylic acids is 1. The molecule has 2 amide bonds. The summed E-state index contributed by atoms with van der Waals surface area (Å²) >= 11 is 0. The maximum absolute atomic E-state index is 13.1. The molecule has 2 heterocycles. The van der Waals surface area contributed by atoms with Crippen LogP contribution in [0, 0.1) is 12.7 Å². The Hall–Kier alpha value is -4.67. The van der Waals surface area contributed by atoms with E-state index in [0.29, 0.717) is 24.0 Å². The van der Waals surface area contributed by atoms with Gasteiger partial charge < -0.3 is 15.7 Å². The van der Waals surface area contributed by atoms with Crippen molar-refractivity contribution < 1.29 is 23.9 Å². The molecule has 10 nitrogen and oxygen atoms in total. The first-order valence-corrected chi connectivity index (χ1v) is 11.2. The van der Waals surface area contributed by atoms with Crippen molar-refractivity contribution in [3.8, 4) is 0 Å². The monoisotopic (exact) mass is 488 g/mol. The van der Waals surface area contributed by atoms with Crippen LogP contribution in [0.4, 0.5) is 4.39 Å². The Morgan fingerprint density at radius 3 is 2.67 bits per heavy atom. The number of carboxylic acids is 1. The van der Waals surface area contributed by atoms with Crippen molar-refractivity contribution in [2.24, 2.45) is 0 Å². The van der Waals surface area contributed by atoms with E-state index in [1.807, 2.05) is 0 Å². The number of aromatic nitrogens is 4. The number of rotatable bonds is 6. The van der Waals surface area contributed by atoms with E-state index < -0.39 is 17.8 Å². The van der Waals surface area contributed by atoms with Crippen LogP contribution in [-0.2, 0) is 13.0 Å². The van der Waals surface area contributed by atoms with Gasteiger partial charge in [-0.3, -0.25) is 9.59 Å². The van der Waals surface area contributed by atoms with Crippen molar-refractivity contribution in [1.82, 2.24) is 30.2 Å². The lowest BCUT2D eigenvalue weighted by Gasteiger charge is -2.15. The Kier molecular flexibility index (Phi) is 5.88. The molecule has 182 valence electrons. The van der Waals surface area contributed by atoms with Crippen LogP contribution in [0.1, 0.15) is 66.1 Å². The molecule has 0 saturated heterocycles. The summed E-state index contributed by atoms with van der Waals surface area (Å²) in [6, 6.07) is 10.0. The van der Waals surface area contributed by atoms with Gasteiger partial charge in [0.25, 0.3) is 17.6 Å². The smallest absolute Gasteiger partial charge is 0.335 e. The van der Waals surface area contributed by atoms with Gasteiger partial charge in [0, 0.05) is 12.6 Å². The number of fused-ring (bicyclic) bond motifs is 2. The molecule has 2 aromatic carbocycles. The van der Waals surface area contributed by atoms with E-state index in [0.717, 1.165) is 11.1 Å². The van der Waals surface area contributed by atoms with Crippen molar-refractivity contribution in [2.45, 2.75) is 32.4 Å². The summed E-state index contributed by atoms with van der Waals surface area (Å²) < 4.78 is 14.4. The van der Waals surface area contributed by atoms with Gasteiger partial charge in [-0.25, -0.2) is 14.2 Å². The Labute approximate surface area is 204 Å². The van der Waals surface area contributed by atoms with Crippen molar-refractivity contribution >= 4 is 23.6 Å². The van der Waals surface area contributed by atoms with Crippen LogP contribution in [0.25, 0.3) is 5.78 Å². The van der Waals surface area contributed by atoms with E-state index >= 15 is 0 Å². The Morgan fingerprint density at radius 1 is 1.14 bits per heavy atom. The van der Waals surface area contributed by atoms with Gasteiger partial charge in [0.05, 0.1) is 11.6 Å². The number of amides is 2. The number of hydrogen-bond acceptors (Lipinski definition) is 6. The van der Waals surface area contributed by atoms with Crippen LogP contribution >= 0.6 is 0 Å². The molecule has 0 unspecified atom stereocenters. The summed E-state index contributed by atoms with van der Waals surface area (Å²) in [7, 11) is 0. The number of carbonyl (C=O) groups is 3. The Morgan fingerprint density at radius 2 is 1.92 bits per heavy atom. The number of halogens is 1. The lowest BCUT2D eigenvalue weighted by molar-refractivity contribution is 0.0695. The third-order valence-electron chi connectivity index (χ3n) is 6.31. The third-order valence-corrected chi connectivity index (χ3v) is 6.31. The highest BCUT2D eigenvalue weighted by molar-refractivity contribution is 5.98. The molecule has 36 heavy (non-hydrogen) atoms.